The molecule has 110 valence electrons. The lowest BCUT2D eigenvalue weighted by atomic mass is 10.00. The van der Waals surface area contributed by atoms with Crippen molar-refractivity contribution in [3.8, 4) is 11.5 Å². The van der Waals surface area contributed by atoms with Gasteiger partial charge in [-0.3, -0.25) is 0 Å². The Kier molecular flexibility index (Phi) is 4.43. The fourth-order valence-electron chi connectivity index (χ4n) is 2.90. The van der Waals surface area contributed by atoms with Crippen LogP contribution in [0.5, 0.6) is 11.5 Å². The summed E-state index contributed by atoms with van der Waals surface area (Å²) in [6.07, 6.45) is 5.02. The van der Waals surface area contributed by atoms with Crippen LogP contribution >= 0.6 is 0 Å². The van der Waals surface area contributed by atoms with Gasteiger partial charge in [0.2, 0.25) is 6.79 Å². The second-order valence-corrected chi connectivity index (χ2v) is 5.57. The largest absolute Gasteiger partial charge is 0.454 e. The molecule has 0 amide bonds. The second kappa shape index (κ2) is 6.46. The Hall–Kier alpha value is -1.26. The van der Waals surface area contributed by atoms with E-state index in [1.165, 1.54) is 18.4 Å². The molecule has 1 aromatic rings. The molecule has 3 rings (SSSR count). The van der Waals surface area contributed by atoms with Gasteiger partial charge < -0.3 is 19.5 Å². The molecular weight excluding hydrogens is 254 g/mol. The van der Waals surface area contributed by atoms with Crippen LogP contribution in [0, 0.1) is 0 Å². The standard InChI is InChI=1S/C16H23NO3/c1-2-3-14-9-13(6-7-18-14)17-10-12-4-5-15-16(8-12)20-11-19-15/h4-5,8,13-14,17H,2-3,6-7,9-11H2,1H3. The van der Waals surface area contributed by atoms with Gasteiger partial charge >= 0.3 is 0 Å². The van der Waals surface area contributed by atoms with Gasteiger partial charge in [0.25, 0.3) is 0 Å². The highest BCUT2D eigenvalue weighted by Gasteiger charge is 2.21. The predicted molar refractivity (Wildman–Crippen MR) is 77.1 cm³/mol. The maximum atomic E-state index is 5.78. The number of rotatable bonds is 5. The predicted octanol–water partition coefficient (Wildman–Crippen LogP) is 2.85. The van der Waals surface area contributed by atoms with Crippen LogP contribution in [0.25, 0.3) is 0 Å². The molecule has 0 aromatic heterocycles. The highest BCUT2D eigenvalue weighted by atomic mass is 16.7. The van der Waals surface area contributed by atoms with E-state index in [0.29, 0.717) is 18.9 Å². The zero-order valence-corrected chi connectivity index (χ0v) is 12.1. The van der Waals surface area contributed by atoms with E-state index >= 15 is 0 Å². The van der Waals surface area contributed by atoms with Crippen LogP contribution in [0.3, 0.4) is 0 Å². The number of fused-ring (bicyclic) bond motifs is 1. The summed E-state index contributed by atoms with van der Waals surface area (Å²) in [5, 5.41) is 3.64. The van der Waals surface area contributed by atoms with Gasteiger partial charge in [-0.15, -0.1) is 0 Å². The van der Waals surface area contributed by atoms with Crippen molar-refractivity contribution in [3.63, 3.8) is 0 Å². The van der Waals surface area contributed by atoms with Crippen molar-refractivity contribution in [3.05, 3.63) is 23.8 Å². The Labute approximate surface area is 120 Å². The minimum atomic E-state index is 0.338. The van der Waals surface area contributed by atoms with Gasteiger partial charge in [0.15, 0.2) is 11.5 Å². The van der Waals surface area contributed by atoms with Gasteiger partial charge in [0, 0.05) is 19.2 Å². The summed E-state index contributed by atoms with van der Waals surface area (Å²) in [6, 6.07) is 6.72. The smallest absolute Gasteiger partial charge is 0.231 e. The number of nitrogens with one attached hydrogen (secondary N) is 1. The highest BCUT2D eigenvalue weighted by Crippen LogP contribution is 2.32. The minimum Gasteiger partial charge on any atom is -0.454 e. The Morgan fingerprint density at radius 3 is 3.05 bits per heavy atom. The molecular formula is C16H23NO3. The average molecular weight is 277 g/mol. The molecule has 4 heteroatoms. The first-order valence-corrected chi connectivity index (χ1v) is 7.58. The van der Waals surface area contributed by atoms with E-state index in [0.717, 1.165) is 37.5 Å². The molecule has 1 N–H and O–H groups in total. The van der Waals surface area contributed by atoms with E-state index in [-0.39, 0.29) is 0 Å². The summed E-state index contributed by atoms with van der Waals surface area (Å²) < 4.78 is 16.5. The number of hydrogen-bond donors (Lipinski definition) is 1. The Balaban J connectivity index is 1.51. The first-order valence-electron chi connectivity index (χ1n) is 7.58. The van der Waals surface area contributed by atoms with Crippen molar-refractivity contribution in [1.82, 2.24) is 5.32 Å². The monoisotopic (exact) mass is 277 g/mol. The van der Waals surface area contributed by atoms with Gasteiger partial charge in [-0.25, -0.2) is 0 Å². The van der Waals surface area contributed by atoms with Crippen molar-refractivity contribution in [1.29, 1.82) is 0 Å². The minimum absolute atomic E-state index is 0.338. The van der Waals surface area contributed by atoms with Crippen LogP contribution in [0.15, 0.2) is 18.2 Å². The second-order valence-electron chi connectivity index (χ2n) is 5.57. The van der Waals surface area contributed by atoms with Crippen LogP contribution < -0.4 is 14.8 Å². The molecule has 4 nitrogen and oxygen atoms in total. The SMILES string of the molecule is CCCC1CC(NCc2ccc3c(c2)OCO3)CCO1. The third-order valence-electron chi connectivity index (χ3n) is 4.01. The zero-order valence-electron chi connectivity index (χ0n) is 12.1. The Morgan fingerprint density at radius 2 is 2.15 bits per heavy atom. The van der Waals surface area contributed by atoms with E-state index in [1.54, 1.807) is 0 Å². The summed E-state index contributed by atoms with van der Waals surface area (Å²) in [5.41, 5.74) is 1.24. The summed E-state index contributed by atoms with van der Waals surface area (Å²) >= 11 is 0. The molecule has 0 bridgehead atoms. The normalized spacial score (nSPS) is 24.9. The first kappa shape index (κ1) is 13.7. The molecule has 1 aromatic carbocycles. The number of benzene rings is 1. The van der Waals surface area contributed by atoms with E-state index in [4.69, 9.17) is 14.2 Å². The van der Waals surface area contributed by atoms with Gasteiger partial charge in [-0.2, -0.15) is 0 Å². The van der Waals surface area contributed by atoms with E-state index in [2.05, 4.69) is 24.4 Å². The third-order valence-corrected chi connectivity index (χ3v) is 4.01. The quantitative estimate of drug-likeness (QED) is 0.898. The van der Waals surface area contributed by atoms with Crippen molar-refractivity contribution in [2.45, 2.75) is 51.3 Å². The molecule has 2 aliphatic rings. The fraction of sp³-hybridized carbons (Fsp3) is 0.625. The molecule has 2 aliphatic heterocycles. The van der Waals surface area contributed by atoms with Crippen LogP contribution in [0.1, 0.15) is 38.2 Å². The van der Waals surface area contributed by atoms with Crippen molar-refractivity contribution in [2.24, 2.45) is 0 Å². The van der Waals surface area contributed by atoms with E-state index < -0.39 is 0 Å². The zero-order chi connectivity index (χ0) is 13.8. The van der Waals surface area contributed by atoms with Gasteiger partial charge in [-0.1, -0.05) is 19.4 Å². The van der Waals surface area contributed by atoms with Gasteiger partial charge in [0.1, 0.15) is 0 Å². The lowest BCUT2D eigenvalue weighted by Crippen LogP contribution is -2.38. The molecule has 0 spiro atoms. The number of hydrogen-bond acceptors (Lipinski definition) is 4. The molecule has 0 radical (unpaired) electrons. The molecule has 1 saturated heterocycles. The van der Waals surface area contributed by atoms with Crippen molar-refractivity contribution < 1.29 is 14.2 Å². The number of ether oxygens (including phenoxy) is 3. The van der Waals surface area contributed by atoms with Crippen LogP contribution in [0.2, 0.25) is 0 Å². The third kappa shape index (κ3) is 3.25. The fourth-order valence-corrected chi connectivity index (χ4v) is 2.90. The summed E-state index contributed by atoms with van der Waals surface area (Å²) in [6.45, 7) is 4.31. The van der Waals surface area contributed by atoms with Crippen LogP contribution in [-0.2, 0) is 11.3 Å². The van der Waals surface area contributed by atoms with Crippen LogP contribution in [-0.4, -0.2) is 25.5 Å². The average Bonchev–Trinajstić information content (AvgIpc) is 2.93. The summed E-state index contributed by atoms with van der Waals surface area (Å²) in [4.78, 5) is 0. The van der Waals surface area contributed by atoms with E-state index in [9.17, 15) is 0 Å². The molecule has 2 atom stereocenters. The van der Waals surface area contributed by atoms with E-state index in [1.807, 2.05) is 6.07 Å². The first-order chi connectivity index (χ1) is 9.85. The summed E-state index contributed by atoms with van der Waals surface area (Å²) in [7, 11) is 0. The maximum absolute atomic E-state index is 5.78. The van der Waals surface area contributed by atoms with Crippen molar-refractivity contribution >= 4 is 0 Å². The molecule has 20 heavy (non-hydrogen) atoms. The van der Waals surface area contributed by atoms with Gasteiger partial charge in [0.05, 0.1) is 6.10 Å². The molecule has 0 saturated carbocycles. The summed E-state index contributed by atoms with van der Waals surface area (Å²) in [5.74, 6) is 1.71. The Bertz CT molecular complexity index is 447. The Morgan fingerprint density at radius 1 is 1.25 bits per heavy atom. The van der Waals surface area contributed by atoms with Gasteiger partial charge in [-0.05, 0) is 37.0 Å². The van der Waals surface area contributed by atoms with Crippen LogP contribution in [0.4, 0.5) is 0 Å². The lowest BCUT2D eigenvalue weighted by Gasteiger charge is -2.30. The molecule has 0 aliphatic carbocycles. The van der Waals surface area contributed by atoms with Crippen molar-refractivity contribution in [2.75, 3.05) is 13.4 Å². The molecule has 2 unspecified atom stereocenters. The highest BCUT2D eigenvalue weighted by molar-refractivity contribution is 5.44. The topological polar surface area (TPSA) is 39.7 Å². The maximum Gasteiger partial charge on any atom is 0.231 e. The molecule has 2 heterocycles. The molecule has 1 fully saturated rings. The lowest BCUT2D eigenvalue weighted by molar-refractivity contribution is -0.00343.